The third-order valence-electron chi connectivity index (χ3n) is 13.1. The molecule has 2 aliphatic carbocycles. The molecule has 5 rings (SSSR count). The Kier molecular flexibility index (Phi) is 18.8. The van der Waals surface area contributed by atoms with Crippen LogP contribution < -0.4 is 14.2 Å². The van der Waals surface area contributed by atoms with Gasteiger partial charge in [-0.3, -0.25) is 14.7 Å². The van der Waals surface area contributed by atoms with Gasteiger partial charge in [0.2, 0.25) is 0 Å². The first kappa shape index (κ1) is 46.0. The minimum Gasteiger partial charge on any atom is -0.497 e. The van der Waals surface area contributed by atoms with E-state index in [1.165, 1.54) is 80.9 Å². The number of benzene rings is 3. The van der Waals surface area contributed by atoms with Gasteiger partial charge < -0.3 is 14.2 Å². The Morgan fingerprint density at radius 2 is 1.03 bits per heavy atom. The summed E-state index contributed by atoms with van der Waals surface area (Å²) in [4.78, 5) is 8.54. The smallest absolute Gasteiger partial charge is 0.118 e. The molecule has 2 aliphatic rings. The molecule has 0 bridgehead atoms. The van der Waals surface area contributed by atoms with Crippen LogP contribution in [-0.4, -0.2) is 74.3 Å². The van der Waals surface area contributed by atoms with Crippen molar-refractivity contribution in [3.63, 3.8) is 0 Å². The number of methoxy groups -OCH3 is 3. The predicted octanol–water partition coefficient (Wildman–Crippen LogP) is 12.0. The van der Waals surface area contributed by atoms with E-state index in [-0.39, 0.29) is 0 Å². The second-order valence-electron chi connectivity index (χ2n) is 19.3. The van der Waals surface area contributed by atoms with E-state index in [1.807, 2.05) is 0 Å². The van der Waals surface area contributed by atoms with Crippen molar-refractivity contribution in [2.75, 3.05) is 47.5 Å². The predicted molar refractivity (Wildman–Crippen MR) is 244 cm³/mol. The molecule has 6 nitrogen and oxygen atoms in total. The molecule has 0 saturated heterocycles. The van der Waals surface area contributed by atoms with Crippen LogP contribution in [0.3, 0.4) is 0 Å². The monoisotopic (exact) mass is 796 g/mol. The first-order valence-corrected chi connectivity index (χ1v) is 23.1. The van der Waals surface area contributed by atoms with Gasteiger partial charge in [-0.15, -0.1) is 0 Å². The molecule has 0 aliphatic heterocycles. The van der Waals surface area contributed by atoms with Gasteiger partial charge in [-0.1, -0.05) is 104 Å². The quantitative estimate of drug-likeness (QED) is 0.0899. The van der Waals surface area contributed by atoms with Crippen LogP contribution in [-0.2, 0) is 19.6 Å². The lowest BCUT2D eigenvalue weighted by molar-refractivity contribution is 0.0613. The molecule has 0 N–H and O–H groups in total. The fourth-order valence-corrected chi connectivity index (χ4v) is 10.6. The van der Waals surface area contributed by atoms with Crippen LogP contribution in [0.2, 0.25) is 0 Å². The van der Waals surface area contributed by atoms with E-state index in [4.69, 9.17) is 14.2 Å². The van der Waals surface area contributed by atoms with Crippen LogP contribution in [0, 0.1) is 35.5 Å². The molecule has 3 aromatic carbocycles. The van der Waals surface area contributed by atoms with E-state index >= 15 is 0 Å². The maximum Gasteiger partial charge on any atom is 0.118 e. The Hall–Kier alpha value is -3.06. The fraction of sp³-hybridized carbons (Fsp3) is 0.654. The molecule has 58 heavy (non-hydrogen) atoms. The van der Waals surface area contributed by atoms with Gasteiger partial charge in [0.05, 0.1) is 21.3 Å². The third-order valence-corrected chi connectivity index (χ3v) is 13.1. The molecule has 5 unspecified atom stereocenters. The van der Waals surface area contributed by atoms with Crippen LogP contribution in [0.1, 0.15) is 122 Å². The van der Waals surface area contributed by atoms with Crippen LogP contribution in [0.15, 0.2) is 72.8 Å². The molecular weight excluding hydrogens is 715 g/mol. The summed E-state index contributed by atoms with van der Waals surface area (Å²) in [5, 5.41) is 0. The van der Waals surface area contributed by atoms with Crippen molar-refractivity contribution < 1.29 is 14.2 Å². The van der Waals surface area contributed by atoms with E-state index in [0.29, 0.717) is 35.8 Å². The standard InChI is InChI=1S/C52H81N3O3/c1-39(2)32-53(36-43-18-24-48(56-7)25-19-43)34-42(6)31-52(46-14-11-10-12-15-46)55(38-45-22-28-50(58-9)29-23-45)35-41(5)30-47-16-13-17-51(47)54(33-40(3)4)37-44-20-26-49(57-8)27-21-44/h18-29,39-42,46-47,51-52H,10-17,30-38H2,1-9H3. The number of ether oxygens (including phenoxy) is 3. The minimum atomic E-state index is 0.577. The molecule has 5 atom stereocenters. The largest absolute Gasteiger partial charge is 0.497 e. The Morgan fingerprint density at radius 1 is 0.517 bits per heavy atom. The fourth-order valence-electron chi connectivity index (χ4n) is 10.6. The van der Waals surface area contributed by atoms with Gasteiger partial charge in [-0.25, -0.2) is 0 Å². The molecule has 3 aromatic rings. The van der Waals surface area contributed by atoms with Crippen LogP contribution in [0.5, 0.6) is 17.2 Å². The third kappa shape index (κ3) is 14.6. The zero-order valence-corrected chi connectivity index (χ0v) is 38.1. The number of nitrogens with zero attached hydrogens (tertiary/aromatic N) is 3. The van der Waals surface area contributed by atoms with Crippen LogP contribution in [0.4, 0.5) is 0 Å². The normalized spacial score (nSPS) is 19.3. The Bertz CT molecular complexity index is 1550. The summed E-state index contributed by atoms with van der Waals surface area (Å²) in [5.41, 5.74) is 4.17. The van der Waals surface area contributed by atoms with Crippen LogP contribution >= 0.6 is 0 Å². The molecule has 0 amide bonds. The summed E-state index contributed by atoms with van der Waals surface area (Å²) in [6.07, 6.45) is 13.5. The van der Waals surface area contributed by atoms with Crippen molar-refractivity contribution in [3.05, 3.63) is 89.5 Å². The zero-order chi connectivity index (χ0) is 41.4. The van der Waals surface area contributed by atoms with Gasteiger partial charge >= 0.3 is 0 Å². The number of hydrogen-bond donors (Lipinski definition) is 0. The Labute approximate surface area is 355 Å². The molecule has 0 radical (unpaired) electrons. The van der Waals surface area contributed by atoms with Crippen molar-refractivity contribution in [3.8, 4) is 17.2 Å². The SMILES string of the molecule is COc1ccc(CN(CC(C)C)CC(C)CC(C2CCCCC2)N(Cc2ccc(OC)cc2)CC(C)CC2CCCC2N(Cc2ccc(OC)cc2)CC(C)C)cc1. The maximum atomic E-state index is 5.59. The summed E-state index contributed by atoms with van der Waals surface area (Å²) >= 11 is 0. The molecule has 322 valence electrons. The van der Waals surface area contributed by atoms with Crippen molar-refractivity contribution in [1.82, 2.24) is 14.7 Å². The van der Waals surface area contributed by atoms with Gasteiger partial charge in [-0.2, -0.15) is 0 Å². The Morgan fingerprint density at radius 3 is 1.55 bits per heavy atom. The molecule has 0 heterocycles. The highest BCUT2D eigenvalue weighted by Gasteiger charge is 2.36. The molecular formula is C52H81N3O3. The van der Waals surface area contributed by atoms with E-state index in [1.54, 1.807) is 21.3 Å². The first-order chi connectivity index (χ1) is 28.0. The molecule has 0 aromatic heterocycles. The summed E-state index contributed by atoms with van der Waals surface area (Å²) in [6.45, 7) is 22.2. The van der Waals surface area contributed by atoms with Gasteiger partial charge in [-0.05, 0) is 127 Å². The lowest BCUT2D eigenvalue weighted by Crippen LogP contribution is -2.46. The number of rotatable bonds is 24. The van der Waals surface area contributed by atoms with E-state index in [2.05, 4.69) is 129 Å². The first-order valence-electron chi connectivity index (χ1n) is 23.1. The van der Waals surface area contributed by atoms with E-state index in [9.17, 15) is 0 Å². The average molecular weight is 796 g/mol. The van der Waals surface area contributed by atoms with E-state index < -0.39 is 0 Å². The van der Waals surface area contributed by atoms with Crippen molar-refractivity contribution in [1.29, 1.82) is 0 Å². The van der Waals surface area contributed by atoms with Crippen LogP contribution in [0.25, 0.3) is 0 Å². The second kappa shape index (κ2) is 23.7. The number of hydrogen-bond acceptors (Lipinski definition) is 6. The topological polar surface area (TPSA) is 37.4 Å². The van der Waals surface area contributed by atoms with E-state index in [0.717, 1.165) is 74.9 Å². The highest BCUT2D eigenvalue weighted by molar-refractivity contribution is 5.29. The van der Waals surface area contributed by atoms with Crippen molar-refractivity contribution >= 4 is 0 Å². The zero-order valence-electron chi connectivity index (χ0n) is 38.1. The second-order valence-corrected chi connectivity index (χ2v) is 19.3. The lowest BCUT2D eigenvalue weighted by Gasteiger charge is -2.43. The summed E-state index contributed by atoms with van der Waals surface area (Å²) in [6, 6.07) is 27.7. The molecule has 2 fully saturated rings. The molecule has 0 spiro atoms. The molecule has 2 saturated carbocycles. The van der Waals surface area contributed by atoms with Gasteiger partial charge in [0, 0.05) is 57.9 Å². The summed E-state index contributed by atoms with van der Waals surface area (Å²) < 4.78 is 16.6. The van der Waals surface area contributed by atoms with Crippen molar-refractivity contribution in [2.45, 2.75) is 137 Å². The van der Waals surface area contributed by atoms with Gasteiger partial charge in [0.25, 0.3) is 0 Å². The van der Waals surface area contributed by atoms with Gasteiger partial charge in [0.1, 0.15) is 17.2 Å². The average Bonchev–Trinajstić information content (AvgIpc) is 3.68. The lowest BCUT2D eigenvalue weighted by atomic mass is 9.79. The molecule has 6 heteroatoms. The summed E-state index contributed by atoms with van der Waals surface area (Å²) in [7, 11) is 5.28. The van der Waals surface area contributed by atoms with Crippen molar-refractivity contribution in [2.24, 2.45) is 35.5 Å². The highest BCUT2D eigenvalue weighted by atomic mass is 16.5. The highest BCUT2D eigenvalue weighted by Crippen LogP contribution is 2.38. The maximum absolute atomic E-state index is 5.59. The summed E-state index contributed by atoms with van der Waals surface area (Å²) in [5.74, 6) is 6.79. The minimum absolute atomic E-state index is 0.577. The van der Waals surface area contributed by atoms with Gasteiger partial charge in [0.15, 0.2) is 0 Å². The Balaban J connectivity index is 1.35.